The van der Waals surface area contributed by atoms with Gasteiger partial charge in [-0.05, 0) is 37.5 Å². The molecule has 0 fully saturated rings. The number of hydrogen-bond acceptors (Lipinski definition) is 4. The average molecular weight is 353 g/mol. The van der Waals surface area contributed by atoms with Crippen molar-refractivity contribution in [1.82, 2.24) is 10.3 Å². The van der Waals surface area contributed by atoms with Gasteiger partial charge in [0.05, 0.1) is 22.8 Å². The van der Waals surface area contributed by atoms with E-state index in [4.69, 9.17) is 4.98 Å². The summed E-state index contributed by atoms with van der Waals surface area (Å²) in [5.41, 5.74) is 4.52. The number of carbonyl (C=O) groups is 1. The number of fused-ring (bicyclic) bond motifs is 1. The first-order valence-corrected chi connectivity index (χ1v) is 9.19. The van der Waals surface area contributed by atoms with E-state index in [2.05, 4.69) is 31.3 Å². The number of nitrogens with one attached hydrogen (secondary N) is 1. The van der Waals surface area contributed by atoms with Crippen LogP contribution in [0.15, 0.2) is 42.5 Å². The lowest BCUT2D eigenvalue weighted by Crippen LogP contribution is -2.36. The molecule has 5 heteroatoms. The van der Waals surface area contributed by atoms with Crippen LogP contribution in [0.2, 0.25) is 0 Å². The molecule has 1 N–H and O–H groups in total. The zero-order chi connectivity index (χ0) is 18.0. The van der Waals surface area contributed by atoms with Crippen LogP contribution in [0.3, 0.4) is 0 Å². The van der Waals surface area contributed by atoms with Gasteiger partial charge >= 0.3 is 0 Å². The SMILES string of the molecule is Cc1ccc(C)c2sc(N(C)CC(=O)NC(C)c3ccccc3)nc12. The molecule has 0 aliphatic carbocycles. The fourth-order valence-corrected chi connectivity index (χ4v) is 3.88. The van der Waals surface area contributed by atoms with Crippen LogP contribution in [-0.2, 0) is 4.79 Å². The maximum atomic E-state index is 12.4. The molecule has 0 radical (unpaired) electrons. The number of aromatic nitrogens is 1. The fraction of sp³-hybridized carbons (Fsp3) is 0.300. The van der Waals surface area contributed by atoms with Crippen LogP contribution in [0.25, 0.3) is 10.2 Å². The van der Waals surface area contributed by atoms with Crippen molar-refractivity contribution in [2.24, 2.45) is 0 Å². The fourth-order valence-electron chi connectivity index (χ4n) is 2.81. The Morgan fingerprint density at radius 3 is 2.52 bits per heavy atom. The van der Waals surface area contributed by atoms with Gasteiger partial charge in [-0.1, -0.05) is 53.8 Å². The van der Waals surface area contributed by atoms with E-state index in [0.29, 0.717) is 0 Å². The van der Waals surface area contributed by atoms with E-state index >= 15 is 0 Å². The van der Waals surface area contributed by atoms with Crippen molar-refractivity contribution in [1.29, 1.82) is 0 Å². The molecule has 0 aliphatic heterocycles. The summed E-state index contributed by atoms with van der Waals surface area (Å²) in [6.07, 6.45) is 0. The molecule has 1 atom stereocenters. The number of aryl methyl sites for hydroxylation is 2. The molecule has 130 valence electrons. The summed E-state index contributed by atoms with van der Waals surface area (Å²) in [5.74, 6) is -0.00782. The number of nitrogens with zero attached hydrogens (tertiary/aromatic N) is 2. The molecule has 0 bridgehead atoms. The van der Waals surface area contributed by atoms with E-state index in [0.717, 1.165) is 16.2 Å². The third-order valence-electron chi connectivity index (χ3n) is 4.32. The Morgan fingerprint density at radius 1 is 1.16 bits per heavy atom. The van der Waals surface area contributed by atoms with Gasteiger partial charge in [0, 0.05) is 7.05 Å². The second-order valence-electron chi connectivity index (χ2n) is 6.43. The summed E-state index contributed by atoms with van der Waals surface area (Å²) in [4.78, 5) is 19.0. The molecule has 0 spiro atoms. The Labute approximate surface area is 152 Å². The summed E-state index contributed by atoms with van der Waals surface area (Å²) < 4.78 is 1.19. The van der Waals surface area contributed by atoms with E-state index in [1.807, 2.05) is 49.2 Å². The van der Waals surface area contributed by atoms with Crippen LogP contribution in [0.4, 0.5) is 5.13 Å². The Morgan fingerprint density at radius 2 is 1.84 bits per heavy atom. The quantitative estimate of drug-likeness (QED) is 0.747. The van der Waals surface area contributed by atoms with Crippen molar-refractivity contribution < 1.29 is 4.79 Å². The van der Waals surface area contributed by atoms with Crippen molar-refractivity contribution in [3.8, 4) is 0 Å². The number of hydrogen-bond donors (Lipinski definition) is 1. The van der Waals surface area contributed by atoms with Gasteiger partial charge in [0.2, 0.25) is 5.91 Å². The largest absolute Gasteiger partial charge is 0.348 e. The highest BCUT2D eigenvalue weighted by molar-refractivity contribution is 7.22. The smallest absolute Gasteiger partial charge is 0.240 e. The molecule has 1 heterocycles. The molecule has 0 aliphatic rings. The van der Waals surface area contributed by atoms with Crippen LogP contribution >= 0.6 is 11.3 Å². The van der Waals surface area contributed by atoms with Gasteiger partial charge in [-0.25, -0.2) is 4.98 Å². The highest BCUT2D eigenvalue weighted by atomic mass is 32.1. The molecule has 25 heavy (non-hydrogen) atoms. The second kappa shape index (κ2) is 7.23. The Balaban J connectivity index is 1.69. The predicted molar refractivity (Wildman–Crippen MR) is 105 cm³/mol. The van der Waals surface area contributed by atoms with E-state index in [9.17, 15) is 4.79 Å². The predicted octanol–water partition coefficient (Wildman–Crippen LogP) is 4.23. The topological polar surface area (TPSA) is 45.2 Å². The molecule has 3 rings (SSSR count). The standard InChI is InChI=1S/C20H23N3OS/c1-13-10-11-14(2)19-18(13)22-20(25-19)23(4)12-17(24)21-15(3)16-8-6-5-7-9-16/h5-11,15H,12H2,1-4H3,(H,21,24). The Hall–Kier alpha value is -2.40. The molecule has 1 unspecified atom stereocenters. The number of anilines is 1. The van der Waals surface area contributed by atoms with Crippen LogP contribution in [0, 0.1) is 13.8 Å². The average Bonchev–Trinajstić information content (AvgIpc) is 3.06. The Bertz CT molecular complexity index is 850. The first-order valence-electron chi connectivity index (χ1n) is 8.38. The molecule has 0 saturated carbocycles. The van der Waals surface area contributed by atoms with Crippen molar-refractivity contribution >= 4 is 32.6 Å². The molecule has 0 saturated heterocycles. The third kappa shape index (κ3) is 3.82. The summed E-state index contributed by atoms with van der Waals surface area (Å²) in [7, 11) is 1.91. The minimum absolute atomic E-state index is 0.00782. The number of rotatable bonds is 5. The van der Waals surface area contributed by atoms with Gasteiger partial charge in [0.25, 0.3) is 0 Å². The van der Waals surface area contributed by atoms with E-state index in [1.54, 1.807) is 11.3 Å². The normalized spacial score (nSPS) is 12.2. The lowest BCUT2D eigenvalue weighted by molar-refractivity contribution is -0.120. The van der Waals surface area contributed by atoms with Gasteiger partial charge in [-0.15, -0.1) is 0 Å². The van der Waals surface area contributed by atoms with Gasteiger partial charge in [-0.2, -0.15) is 0 Å². The minimum atomic E-state index is -0.0121. The summed E-state index contributed by atoms with van der Waals surface area (Å²) >= 11 is 1.64. The van der Waals surface area contributed by atoms with Gasteiger partial charge in [0.15, 0.2) is 5.13 Å². The minimum Gasteiger partial charge on any atom is -0.348 e. The van der Waals surface area contributed by atoms with Crippen molar-refractivity contribution in [3.05, 3.63) is 59.2 Å². The van der Waals surface area contributed by atoms with Gasteiger partial charge < -0.3 is 10.2 Å². The first-order chi connectivity index (χ1) is 12.0. The van der Waals surface area contributed by atoms with Crippen molar-refractivity contribution in [2.45, 2.75) is 26.8 Å². The lowest BCUT2D eigenvalue weighted by Gasteiger charge is -2.18. The monoisotopic (exact) mass is 353 g/mol. The van der Waals surface area contributed by atoms with Gasteiger partial charge in [-0.3, -0.25) is 4.79 Å². The summed E-state index contributed by atoms with van der Waals surface area (Å²) in [6.45, 7) is 6.45. The highest BCUT2D eigenvalue weighted by Crippen LogP contribution is 2.32. The maximum Gasteiger partial charge on any atom is 0.240 e. The van der Waals surface area contributed by atoms with Crippen LogP contribution in [-0.4, -0.2) is 24.5 Å². The third-order valence-corrected chi connectivity index (χ3v) is 5.62. The number of likely N-dealkylation sites (N-methyl/N-ethyl adjacent to an activating group) is 1. The molecule has 1 amide bonds. The first kappa shape index (κ1) is 17.4. The second-order valence-corrected chi connectivity index (χ2v) is 7.41. The maximum absolute atomic E-state index is 12.4. The summed E-state index contributed by atoms with van der Waals surface area (Å²) in [5, 5.41) is 3.92. The van der Waals surface area contributed by atoms with Crippen molar-refractivity contribution in [3.63, 3.8) is 0 Å². The Kier molecular flexibility index (Phi) is 5.04. The van der Waals surface area contributed by atoms with Gasteiger partial charge in [0.1, 0.15) is 0 Å². The van der Waals surface area contributed by atoms with E-state index in [-0.39, 0.29) is 18.5 Å². The molecule has 3 aromatic rings. The molecule has 4 nitrogen and oxygen atoms in total. The lowest BCUT2D eigenvalue weighted by atomic mass is 10.1. The van der Waals surface area contributed by atoms with Crippen LogP contribution in [0.5, 0.6) is 0 Å². The zero-order valence-corrected chi connectivity index (χ0v) is 15.9. The highest BCUT2D eigenvalue weighted by Gasteiger charge is 2.16. The summed E-state index contributed by atoms with van der Waals surface area (Å²) in [6, 6.07) is 14.2. The number of thiazole rings is 1. The van der Waals surface area contributed by atoms with Crippen molar-refractivity contribution in [2.75, 3.05) is 18.5 Å². The number of benzene rings is 2. The number of carbonyl (C=O) groups excluding carboxylic acids is 1. The molecule has 2 aromatic carbocycles. The van der Waals surface area contributed by atoms with Crippen LogP contribution < -0.4 is 10.2 Å². The molecular formula is C20H23N3OS. The van der Waals surface area contributed by atoms with E-state index in [1.165, 1.54) is 15.8 Å². The number of amides is 1. The molecular weight excluding hydrogens is 330 g/mol. The zero-order valence-electron chi connectivity index (χ0n) is 15.0. The van der Waals surface area contributed by atoms with E-state index < -0.39 is 0 Å². The molecule has 1 aromatic heterocycles. The van der Waals surface area contributed by atoms with Crippen LogP contribution in [0.1, 0.15) is 29.7 Å².